The molecule has 3 heterocycles. The van der Waals surface area contributed by atoms with Crippen molar-refractivity contribution in [3.63, 3.8) is 0 Å². The van der Waals surface area contributed by atoms with E-state index in [1.807, 2.05) is 23.1 Å². The molecule has 2 fully saturated rings. The lowest BCUT2D eigenvalue weighted by Crippen LogP contribution is -2.44. The molecule has 0 saturated carbocycles. The molecule has 53 heavy (non-hydrogen) atoms. The zero-order valence-corrected chi connectivity index (χ0v) is 31.4. The van der Waals surface area contributed by atoms with Crippen molar-refractivity contribution in [2.24, 2.45) is 11.3 Å². The first-order valence-electron chi connectivity index (χ1n) is 18.5. The Morgan fingerprint density at radius 2 is 1.92 bits per heavy atom. The molecule has 1 N–H and O–H groups in total. The van der Waals surface area contributed by atoms with Crippen LogP contribution in [0.2, 0.25) is 5.02 Å². The number of hydrogen-bond donors (Lipinski definition) is 1. The standard InChI is InChI=1S/C42H49ClN4O6/c1-42(2)34(9-6-11-36(42)32-8-5-10-35(21-32)51-17-7-13-46-15-18-50-19-16-46)29-53-40-23-39(52-28-31-20-30(24-44)25-45-26-31)33(22-37(40)43)27-47-14-4-3-12-38(47)41(48)49/h5-6,8-11,20-23,25-26,34,38H,3-4,7,12-19,27-29H2,1-2H3,(H,48,49)/t34?,38-/m0/s1. The van der Waals surface area contributed by atoms with Gasteiger partial charge in [0.25, 0.3) is 0 Å². The van der Waals surface area contributed by atoms with E-state index in [0.717, 1.165) is 74.6 Å². The largest absolute Gasteiger partial charge is 0.494 e. The number of carboxylic acid groups (broad SMARTS) is 1. The summed E-state index contributed by atoms with van der Waals surface area (Å²) in [5.41, 5.74) is 3.99. The van der Waals surface area contributed by atoms with Crippen LogP contribution in [0, 0.1) is 22.7 Å². The zero-order chi connectivity index (χ0) is 37.2. The van der Waals surface area contributed by atoms with Crippen LogP contribution in [0.25, 0.3) is 5.57 Å². The van der Waals surface area contributed by atoms with E-state index in [0.29, 0.717) is 54.8 Å². The van der Waals surface area contributed by atoms with Crippen molar-refractivity contribution in [3.8, 4) is 23.3 Å². The minimum Gasteiger partial charge on any atom is -0.494 e. The molecular weight excluding hydrogens is 692 g/mol. The van der Waals surface area contributed by atoms with Gasteiger partial charge in [0.15, 0.2) is 0 Å². The highest BCUT2D eigenvalue weighted by Crippen LogP contribution is 2.45. The van der Waals surface area contributed by atoms with Gasteiger partial charge < -0.3 is 24.1 Å². The Hall–Kier alpha value is -4.40. The molecule has 3 aliphatic rings. The Balaban J connectivity index is 1.14. The highest BCUT2D eigenvalue weighted by molar-refractivity contribution is 6.32. The first-order valence-corrected chi connectivity index (χ1v) is 18.9. The first kappa shape index (κ1) is 38.3. The van der Waals surface area contributed by atoms with Crippen LogP contribution < -0.4 is 14.2 Å². The van der Waals surface area contributed by atoms with Gasteiger partial charge in [0, 0.05) is 61.7 Å². The number of benzene rings is 2. The zero-order valence-electron chi connectivity index (χ0n) is 30.6. The van der Waals surface area contributed by atoms with Crippen molar-refractivity contribution in [1.82, 2.24) is 14.8 Å². The van der Waals surface area contributed by atoms with Gasteiger partial charge in [-0.2, -0.15) is 5.26 Å². The van der Waals surface area contributed by atoms with Crippen molar-refractivity contribution < 1.29 is 28.8 Å². The molecule has 0 amide bonds. The quantitative estimate of drug-likeness (QED) is 0.158. The van der Waals surface area contributed by atoms with Crippen LogP contribution in [0.15, 0.2) is 73.1 Å². The van der Waals surface area contributed by atoms with Crippen LogP contribution in [-0.4, -0.2) is 84.5 Å². The Kier molecular flexibility index (Phi) is 13.1. The SMILES string of the molecule is CC1(C)C(c2cccc(OCCCN3CCOCC3)c2)=CC=CC1COc1cc(OCc2cncc(C#N)c2)c(CN2CCCC[C@H]2C(=O)O)cc1Cl. The van der Waals surface area contributed by atoms with Gasteiger partial charge in [-0.05, 0) is 66.6 Å². The van der Waals surface area contributed by atoms with Crippen molar-refractivity contribution in [3.05, 3.63) is 100 Å². The second-order valence-electron chi connectivity index (χ2n) is 14.5. The minimum atomic E-state index is -0.826. The average Bonchev–Trinajstić information content (AvgIpc) is 3.16. The van der Waals surface area contributed by atoms with Gasteiger partial charge in [-0.3, -0.25) is 19.6 Å². The van der Waals surface area contributed by atoms with Crippen molar-refractivity contribution >= 4 is 23.1 Å². The van der Waals surface area contributed by atoms with E-state index in [9.17, 15) is 15.2 Å². The number of rotatable bonds is 15. The number of likely N-dealkylation sites (tertiary alicyclic amines) is 1. The number of carbonyl (C=O) groups is 1. The van der Waals surface area contributed by atoms with E-state index in [1.54, 1.807) is 18.3 Å². The molecule has 2 atom stereocenters. The Labute approximate surface area is 317 Å². The van der Waals surface area contributed by atoms with Crippen molar-refractivity contribution in [2.75, 3.05) is 52.6 Å². The van der Waals surface area contributed by atoms with E-state index >= 15 is 0 Å². The van der Waals surface area contributed by atoms with E-state index in [4.69, 9.17) is 30.5 Å². The van der Waals surface area contributed by atoms with Crippen LogP contribution in [0.1, 0.15) is 61.8 Å². The maximum absolute atomic E-state index is 12.1. The summed E-state index contributed by atoms with van der Waals surface area (Å²) in [4.78, 5) is 20.6. The van der Waals surface area contributed by atoms with Gasteiger partial charge in [0.1, 0.15) is 36.0 Å². The number of carboxylic acids is 1. The number of pyridine rings is 1. The summed E-state index contributed by atoms with van der Waals surface area (Å²) in [5, 5.41) is 19.7. The summed E-state index contributed by atoms with van der Waals surface area (Å²) in [6.07, 6.45) is 13.0. The van der Waals surface area contributed by atoms with E-state index in [1.165, 1.54) is 11.8 Å². The molecule has 280 valence electrons. The molecule has 0 bridgehead atoms. The monoisotopic (exact) mass is 740 g/mol. The Bertz CT molecular complexity index is 1830. The predicted octanol–water partition coefficient (Wildman–Crippen LogP) is 7.40. The number of hydrogen-bond acceptors (Lipinski definition) is 9. The van der Waals surface area contributed by atoms with Gasteiger partial charge in [-0.15, -0.1) is 0 Å². The molecule has 0 radical (unpaired) electrons. The average molecular weight is 741 g/mol. The number of allylic oxidation sites excluding steroid dienone is 3. The molecule has 11 heteroatoms. The summed E-state index contributed by atoms with van der Waals surface area (Å²) in [6, 6.07) is 15.2. The smallest absolute Gasteiger partial charge is 0.320 e. The second-order valence-corrected chi connectivity index (χ2v) is 14.9. The third kappa shape index (κ3) is 9.98. The topological polar surface area (TPSA) is 117 Å². The van der Waals surface area contributed by atoms with Crippen LogP contribution in [-0.2, 0) is 22.7 Å². The number of morpholine rings is 1. The van der Waals surface area contributed by atoms with Crippen LogP contribution in [0.5, 0.6) is 17.2 Å². The lowest BCUT2D eigenvalue weighted by atomic mass is 9.68. The van der Waals surface area contributed by atoms with Gasteiger partial charge in [-0.25, -0.2) is 0 Å². The minimum absolute atomic E-state index is 0.0326. The maximum atomic E-state index is 12.1. The molecule has 2 saturated heterocycles. The number of halogens is 1. The number of aromatic nitrogens is 1. The van der Waals surface area contributed by atoms with E-state index < -0.39 is 12.0 Å². The van der Waals surface area contributed by atoms with E-state index in [2.05, 4.69) is 60.2 Å². The van der Waals surface area contributed by atoms with Gasteiger partial charge in [0.05, 0.1) is 37.0 Å². The number of piperidine rings is 1. The van der Waals surface area contributed by atoms with Crippen LogP contribution >= 0.6 is 11.6 Å². The lowest BCUT2D eigenvalue weighted by Gasteiger charge is -2.37. The fourth-order valence-electron chi connectivity index (χ4n) is 7.32. The molecule has 6 rings (SSSR count). The summed E-state index contributed by atoms with van der Waals surface area (Å²) >= 11 is 6.89. The highest BCUT2D eigenvalue weighted by atomic mass is 35.5. The molecular formula is C42H49ClN4O6. The molecule has 3 aromatic rings. The molecule has 2 aromatic carbocycles. The van der Waals surface area contributed by atoms with Crippen molar-refractivity contribution in [1.29, 1.82) is 5.26 Å². The number of ether oxygens (including phenoxy) is 4. The first-order chi connectivity index (χ1) is 25.7. The summed E-state index contributed by atoms with van der Waals surface area (Å²) in [6.45, 7) is 11.3. The molecule has 1 aliphatic carbocycles. The van der Waals surface area contributed by atoms with E-state index in [-0.39, 0.29) is 17.9 Å². The second kappa shape index (κ2) is 18.1. The van der Waals surface area contributed by atoms with Gasteiger partial charge >= 0.3 is 5.97 Å². The summed E-state index contributed by atoms with van der Waals surface area (Å²) in [5.74, 6) is 1.09. The number of nitriles is 1. The third-order valence-corrected chi connectivity index (χ3v) is 10.8. The number of nitrogens with zero attached hydrogens (tertiary/aromatic N) is 4. The maximum Gasteiger partial charge on any atom is 0.320 e. The molecule has 10 nitrogen and oxygen atoms in total. The Morgan fingerprint density at radius 3 is 2.74 bits per heavy atom. The highest BCUT2D eigenvalue weighted by Gasteiger charge is 2.35. The molecule has 1 unspecified atom stereocenters. The van der Waals surface area contributed by atoms with Crippen LogP contribution in [0.4, 0.5) is 0 Å². The normalized spacial score (nSPS) is 20.3. The van der Waals surface area contributed by atoms with Crippen molar-refractivity contribution in [2.45, 2.75) is 58.7 Å². The van der Waals surface area contributed by atoms with Gasteiger partial charge in [0.2, 0.25) is 0 Å². The van der Waals surface area contributed by atoms with Crippen LogP contribution in [0.3, 0.4) is 0 Å². The molecule has 2 aliphatic heterocycles. The molecule has 0 spiro atoms. The molecule has 1 aromatic heterocycles. The Morgan fingerprint density at radius 1 is 1.08 bits per heavy atom. The fraction of sp³-hybridized carbons (Fsp3) is 0.452. The third-order valence-electron chi connectivity index (χ3n) is 10.5. The summed E-state index contributed by atoms with van der Waals surface area (Å²) in [7, 11) is 0. The fourth-order valence-corrected chi connectivity index (χ4v) is 7.56. The number of aliphatic carboxylic acids is 1. The summed E-state index contributed by atoms with van der Waals surface area (Å²) < 4.78 is 24.5. The lowest BCUT2D eigenvalue weighted by molar-refractivity contribution is -0.144. The predicted molar refractivity (Wildman–Crippen MR) is 204 cm³/mol. The van der Waals surface area contributed by atoms with Gasteiger partial charge in [-0.1, -0.05) is 62.2 Å².